The summed E-state index contributed by atoms with van der Waals surface area (Å²) in [5, 5.41) is 2.62. The number of rotatable bonds is 11. The minimum atomic E-state index is -3.72. The van der Waals surface area contributed by atoms with Crippen molar-refractivity contribution in [1.82, 2.24) is 10.2 Å². The van der Waals surface area contributed by atoms with Crippen molar-refractivity contribution in [2.24, 2.45) is 0 Å². The molecule has 2 rings (SSSR count). The summed E-state index contributed by atoms with van der Waals surface area (Å²) in [6, 6.07) is 16.2. The maximum atomic E-state index is 13.5. The number of carbonyl (C=O) groups is 2. The molecule has 2 aromatic carbocycles. The predicted molar refractivity (Wildman–Crippen MR) is 128 cm³/mol. The van der Waals surface area contributed by atoms with Gasteiger partial charge in [0.2, 0.25) is 21.8 Å². The number of nitrogens with one attached hydrogen (secondary N) is 1. The highest BCUT2D eigenvalue weighted by Crippen LogP contribution is 2.24. The summed E-state index contributed by atoms with van der Waals surface area (Å²) in [4.78, 5) is 27.5. The zero-order valence-electron chi connectivity index (χ0n) is 19.2. The van der Waals surface area contributed by atoms with Crippen molar-refractivity contribution < 1.29 is 18.0 Å². The maximum Gasteiger partial charge on any atom is 0.244 e. The smallest absolute Gasteiger partial charge is 0.244 e. The number of amides is 2. The molecule has 174 valence electrons. The highest BCUT2D eigenvalue weighted by Gasteiger charge is 2.31. The van der Waals surface area contributed by atoms with Crippen LogP contribution in [0.25, 0.3) is 0 Å². The molecule has 0 saturated carbocycles. The van der Waals surface area contributed by atoms with Gasteiger partial charge >= 0.3 is 0 Å². The Bertz CT molecular complexity index is 1010. The number of aryl methyl sites for hydroxylation is 1. The first-order chi connectivity index (χ1) is 15.2. The van der Waals surface area contributed by atoms with Crippen LogP contribution in [0.3, 0.4) is 0 Å². The molecule has 1 N–H and O–H groups in total. The van der Waals surface area contributed by atoms with E-state index in [1.165, 1.54) is 11.9 Å². The van der Waals surface area contributed by atoms with E-state index in [4.69, 9.17) is 0 Å². The van der Waals surface area contributed by atoms with E-state index in [1.54, 1.807) is 12.1 Å². The Morgan fingerprint density at radius 1 is 1.00 bits per heavy atom. The number of carbonyl (C=O) groups excluding carboxylic acids is 2. The monoisotopic (exact) mass is 459 g/mol. The third-order valence-corrected chi connectivity index (χ3v) is 6.56. The van der Waals surface area contributed by atoms with E-state index in [0.717, 1.165) is 21.7 Å². The lowest BCUT2D eigenvalue weighted by Gasteiger charge is -2.33. The van der Waals surface area contributed by atoms with Crippen LogP contribution in [0, 0.1) is 0 Å². The lowest BCUT2D eigenvalue weighted by atomic mass is 10.1. The van der Waals surface area contributed by atoms with Gasteiger partial charge in [0.15, 0.2) is 0 Å². The van der Waals surface area contributed by atoms with E-state index in [-0.39, 0.29) is 12.5 Å². The standard InChI is InChI=1S/C24H33N3O4S/c1-5-20-14-10-11-15-22(20)27(32(4,30)31)18-23(28)26(21(6-2)24(29)25-3)17-16-19-12-8-7-9-13-19/h7-15,21H,5-6,16-18H2,1-4H3,(H,25,29)/t21-/m0/s1. The lowest BCUT2D eigenvalue weighted by Crippen LogP contribution is -2.52. The first-order valence-corrected chi connectivity index (χ1v) is 12.7. The van der Waals surface area contributed by atoms with Crippen LogP contribution in [-0.4, -0.2) is 57.6 Å². The minimum absolute atomic E-state index is 0.270. The second-order valence-electron chi connectivity index (χ2n) is 7.61. The Morgan fingerprint density at radius 2 is 1.62 bits per heavy atom. The number of benzene rings is 2. The summed E-state index contributed by atoms with van der Waals surface area (Å²) >= 11 is 0. The Morgan fingerprint density at radius 3 is 2.19 bits per heavy atom. The van der Waals surface area contributed by atoms with Crippen LogP contribution < -0.4 is 9.62 Å². The van der Waals surface area contributed by atoms with Crippen molar-refractivity contribution >= 4 is 27.5 Å². The van der Waals surface area contributed by atoms with Crippen LogP contribution in [0.1, 0.15) is 31.4 Å². The maximum absolute atomic E-state index is 13.5. The number of sulfonamides is 1. The van der Waals surface area contributed by atoms with Gasteiger partial charge in [-0.2, -0.15) is 0 Å². The molecule has 7 nitrogen and oxygen atoms in total. The number of anilines is 1. The number of hydrogen-bond donors (Lipinski definition) is 1. The number of nitrogens with zero attached hydrogens (tertiary/aromatic N) is 2. The molecule has 2 aromatic rings. The van der Waals surface area contributed by atoms with Gasteiger partial charge in [-0.25, -0.2) is 8.42 Å². The first-order valence-electron chi connectivity index (χ1n) is 10.8. The predicted octanol–water partition coefficient (Wildman–Crippen LogP) is 2.61. The topological polar surface area (TPSA) is 86.8 Å². The Balaban J connectivity index is 2.37. The average Bonchev–Trinajstić information content (AvgIpc) is 2.79. The van der Waals surface area contributed by atoms with E-state index >= 15 is 0 Å². The van der Waals surface area contributed by atoms with Gasteiger partial charge in [-0.1, -0.05) is 62.4 Å². The highest BCUT2D eigenvalue weighted by molar-refractivity contribution is 7.92. The van der Waals surface area contributed by atoms with E-state index in [2.05, 4.69) is 5.32 Å². The van der Waals surface area contributed by atoms with E-state index in [0.29, 0.717) is 31.5 Å². The molecule has 2 amide bonds. The molecule has 0 spiro atoms. The van der Waals surface area contributed by atoms with Crippen molar-refractivity contribution in [2.45, 2.75) is 39.2 Å². The molecule has 0 aromatic heterocycles. The lowest BCUT2D eigenvalue weighted by molar-refractivity contribution is -0.139. The molecule has 0 aliphatic carbocycles. The number of likely N-dealkylation sites (N-methyl/N-ethyl adjacent to an activating group) is 1. The zero-order chi connectivity index (χ0) is 23.7. The Kier molecular flexibility index (Phi) is 9.26. The average molecular weight is 460 g/mol. The van der Waals surface area contributed by atoms with Gasteiger partial charge in [0, 0.05) is 13.6 Å². The number of para-hydroxylation sites is 1. The van der Waals surface area contributed by atoms with Gasteiger partial charge in [0.1, 0.15) is 12.6 Å². The summed E-state index contributed by atoms with van der Waals surface area (Å²) < 4.78 is 26.4. The van der Waals surface area contributed by atoms with Crippen LogP contribution in [0.5, 0.6) is 0 Å². The molecular weight excluding hydrogens is 426 g/mol. The van der Waals surface area contributed by atoms with Crippen molar-refractivity contribution in [3.05, 3.63) is 65.7 Å². The molecule has 32 heavy (non-hydrogen) atoms. The van der Waals surface area contributed by atoms with E-state index in [9.17, 15) is 18.0 Å². The van der Waals surface area contributed by atoms with Gasteiger partial charge in [0.05, 0.1) is 11.9 Å². The quantitative estimate of drug-likeness (QED) is 0.560. The van der Waals surface area contributed by atoms with Crippen LogP contribution >= 0.6 is 0 Å². The summed E-state index contributed by atoms with van der Waals surface area (Å²) in [6.07, 6.45) is 2.70. The van der Waals surface area contributed by atoms with Gasteiger partial charge in [-0.15, -0.1) is 0 Å². The van der Waals surface area contributed by atoms with Crippen molar-refractivity contribution in [3.63, 3.8) is 0 Å². The minimum Gasteiger partial charge on any atom is -0.357 e. The van der Waals surface area contributed by atoms with Gasteiger partial charge in [0.25, 0.3) is 0 Å². The normalized spacial score (nSPS) is 12.1. The molecular formula is C24H33N3O4S. The SMILES string of the molecule is CCc1ccccc1N(CC(=O)N(CCc1ccccc1)[C@@H](CC)C(=O)NC)S(C)(=O)=O. The summed E-state index contributed by atoms with van der Waals surface area (Å²) in [5.41, 5.74) is 2.36. The number of hydrogen-bond acceptors (Lipinski definition) is 4. The largest absolute Gasteiger partial charge is 0.357 e. The van der Waals surface area contributed by atoms with Gasteiger partial charge < -0.3 is 10.2 Å². The molecule has 0 radical (unpaired) electrons. The van der Waals surface area contributed by atoms with Crippen LogP contribution in [0.15, 0.2) is 54.6 Å². The van der Waals surface area contributed by atoms with Gasteiger partial charge in [-0.05, 0) is 36.5 Å². The fourth-order valence-electron chi connectivity index (χ4n) is 3.71. The summed E-state index contributed by atoms with van der Waals surface area (Å²) in [6.45, 7) is 3.72. The van der Waals surface area contributed by atoms with Gasteiger partial charge in [-0.3, -0.25) is 13.9 Å². The fourth-order valence-corrected chi connectivity index (χ4v) is 4.59. The Labute approximate surface area is 191 Å². The second-order valence-corrected chi connectivity index (χ2v) is 9.52. The van der Waals surface area contributed by atoms with Crippen LogP contribution in [0.4, 0.5) is 5.69 Å². The van der Waals surface area contributed by atoms with Crippen LogP contribution in [-0.2, 0) is 32.5 Å². The van der Waals surface area contributed by atoms with Crippen molar-refractivity contribution in [2.75, 3.05) is 30.7 Å². The molecule has 0 fully saturated rings. The highest BCUT2D eigenvalue weighted by atomic mass is 32.2. The first kappa shape index (κ1) is 25.4. The molecule has 0 aliphatic heterocycles. The molecule has 0 aliphatic rings. The molecule has 0 saturated heterocycles. The summed E-state index contributed by atoms with van der Waals surface area (Å²) in [5.74, 6) is -0.679. The fraction of sp³-hybridized carbons (Fsp3) is 0.417. The zero-order valence-corrected chi connectivity index (χ0v) is 20.1. The van der Waals surface area contributed by atoms with E-state index < -0.39 is 22.0 Å². The van der Waals surface area contributed by atoms with E-state index in [1.807, 2.05) is 56.3 Å². The molecule has 0 unspecified atom stereocenters. The molecule has 1 atom stereocenters. The molecule has 0 bridgehead atoms. The summed E-state index contributed by atoms with van der Waals surface area (Å²) in [7, 11) is -2.19. The Hall–Kier alpha value is -2.87. The van der Waals surface area contributed by atoms with Crippen LogP contribution in [0.2, 0.25) is 0 Å². The van der Waals surface area contributed by atoms with Crippen molar-refractivity contribution in [1.29, 1.82) is 0 Å². The third kappa shape index (κ3) is 6.56. The van der Waals surface area contributed by atoms with Crippen molar-refractivity contribution in [3.8, 4) is 0 Å². The molecule has 8 heteroatoms. The third-order valence-electron chi connectivity index (χ3n) is 5.44. The molecule has 0 heterocycles. The second kappa shape index (κ2) is 11.7.